The molecule has 0 aromatic heterocycles. The molecule has 0 saturated heterocycles. The van der Waals surface area contributed by atoms with Crippen molar-refractivity contribution in [1.29, 1.82) is 0 Å². The van der Waals surface area contributed by atoms with Crippen LogP contribution in [0.2, 0.25) is 0 Å². The van der Waals surface area contributed by atoms with E-state index in [1.54, 1.807) is 0 Å². The van der Waals surface area contributed by atoms with Crippen molar-refractivity contribution in [3.63, 3.8) is 0 Å². The molecule has 84 valence electrons. The summed E-state index contributed by atoms with van der Waals surface area (Å²) in [4.78, 5) is 10.1. The van der Waals surface area contributed by atoms with Gasteiger partial charge in [-0.05, 0) is 6.92 Å². The molecule has 0 rings (SSSR count). The first kappa shape index (κ1) is 13.2. The number of Topliss-reactive ketones (excluding diaryl/α,β-unsaturated/α-hetero) is 1. The summed E-state index contributed by atoms with van der Waals surface area (Å²) in [6.07, 6.45) is -12.7. The van der Waals surface area contributed by atoms with Crippen LogP contribution in [-0.4, -0.2) is 28.8 Å². The number of rotatable bonds is 2. The van der Waals surface area contributed by atoms with Gasteiger partial charge >= 0.3 is 12.4 Å². The maximum absolute atomic E-state index is 11.8. The molecule has 0 aliphatic carbocycles. The minimum absolute atomic E-state index is 0.108. The largest absolute Gasteiger partial charge is 0.450 e. The van der Waals surface area contributed by atoms with Crippen molar-refractivity contribution < 1.29 is 36.2 Å². The lowest BCUT2D eigenvalue weighted by Gasteiger charge is -2.25. The normalized spacial score (nSPS) is 17.7. The maximum atomic E-state index is 11.8. The van der Waals surface area contributed by atoms with Crippen LogP contribution in [0.1, 0.15) is 13.3 Å². The van der Waals surface area contributed by atoms with Gasteiger partial charge in [0.1, 0.15) is 0 Å². The number of hydrogen-bond acceptors (Lipinski definition) is 2. The molecule has 1 atom stereocenters. The van der Waals surface area contributed by atoms with E-state index in [1.807, 2.05) is 0 Å². The Morgan fingerprint density at radius 1 is 1.14 bits per heavy atom. The first-order chi connectivity index (χ1) is 5.88. The Balaban J connectivity index is 4.62. The van der Waals surface area contributed by atoms with E-state index < -0.39 is 30.2 Å². The van der Waals surface area contributed by atoms with Crippen LogP contribution in [0.4, 0.5) is 26.3 Å². The fraction of sp³-hybridized carbons (Fsp3) is 0.833. The van der Waals surface area contributed by atoms with E-state index in [2.05, 4.69) is 0 Å². The molecule has 0 aliphatic rings. The third-order valence-corrected chi connectivity index (χ3v) is 1.43. The van der Waals surface area contributed by atoms with Crippen molar-refractivity contribution >= 4 is 5.78 Å². The number of alkyl halides is 6. The van der Waals surface area contributed by atoms with Gasteiger partial charge in [0, 0.05) is 0 Å². The topological polar surface area (TPSA) is 37.3 Å². The molecule has 0 heterocycles. The van der Waals surface area contributed by atoms with Gasteiger partial charge in [-0.2, -0.15) is 26.3 Å². The lowest BCUT2D eigenvalue weighted by atomic mass is 9.99. The summed E-state index contributed by atoms with van der Waals surface area (Å²) in [6.45, 7) is 0.108. The zero-order valence-corrected chi connectivity index (χ0v) is 6.83. The summed E-state index contributed by atoms with van der Waals surface area (Å²) in [7, 11) is 0. The Kier molecular flexibility index (Phi) is 3.22. The third-order valence-electron chi connectivity index (χ3n) is 1.43. The molecule has 1 unspecified atom stereocenters. The average Bonchev–Trinajstić information content (AvgIpc) is 1.80. The Morgan fingerprint density at radius 3 is 1.71 bits per heavy atom. The molecule has 0 saturated carbocycles. The molecule has 1 N–H and O–H groups in total. The fourth-order valence-electron chi connectivity index (χ4n) is 0.513. The highest BCUT2D eigenvalue weighted by Gasteiger charge is 2.54. The molecule has 2 nitrogen and oxygen atoms in total. The van der Waals surface area contributed by atoms with Gasteiger partial charge in [0.25, 0.3) is 0 Å². The van der Waals surface area contributed by atoms with Crippen LogP contribution >= 0.6 is 0 Å². The number of hydrogen-bond donors (Lipinski definition) is 1. The average molecular weight is 224 g/mol. The summed E-state index contributed by atoms with van der Waals surface area (Å²) in [5.41, 5.74) is -3.65. The lowest BCUT2D eigenvalue weighted by Crippen LogP contribution is -2.46. The Labute approximate surface area is 74.5 Å². The monoisotopic (exact) mass is 224 g/mol. The van der Waals surface area contributed by atoms with Crippen LogP contribution in [0.3, 0.4) is 0 Å². The second-order valence-electron chi connectivity index (χ2n) is 2.87. The summed E-state index contributed by atoms with van der Waals surface area (Å²) >= 11 is 0. The van der Waals surface area contributed by atoms with E-state index in [9.17, 15) is 31.1 Å². The van der Waals surface area contributed by atoms with Gasteiger partial charge in [-0.3, -0.25) is 4.79 Å². The molecule has 0 radical (unpaired) electrons. The van der Waals surface area contributed by atoms with E-state index in [1.165, 1.54) is 0 Å². The van der Waals surface area contributed by atoms with Crippen molar-refractivity contribution in [3.8, 4) is 0 Å². The van der Waals surface area contributed by atoms with Gasteiger partial charge in [0.05, 0.1) is 6.42 Å². The minimum Gasteiger partial charge on any atom is -0.380 e. The highest BCUT2D eigenvalue weighted by molar-refractivity contribution is 5.84. The quantitative estimate of drug-likeness (QED) is 0.726. The number of halogens is 6. The van der Waals surface area contributed by atoms with Crippen molar-refractivity contribution in [2.75, 3.05) is 0 Å². The van der Waals surface area contributed by atoms with Crippen molar-refractivity contribution in [3.05, 3.63) is 0 Å². The predicted molar refractivity (Wildman–Crippen MR) is 32.4 cm³/mol. The van der Waals surface area contributed by atoms with E-state index in [0.29, 0.717) is 0 Å². The zero-order valence-electron chi connectivity index (χ0n) is 6.83. The summed E-state index contributed by atoms with van der Waals surface area (Å²) < 4.78 is 70.1. The van der Waals surface area contributed by atoms with Crippen LogP contribution in [-0.2, 0) is 4.79 Å². The Morgan fingerprint density at radius 2 is 1.50 bits per heavy atom. The molecule has 0 bridgehead atoms. The summed E-state index contributed by atoms with van der Waals surface area (Å²) in [6, 6.07) is 0. The summed E-state index contributed by atoms with van der Waals surface area (Å²) in [5, 5.41) is 8.54. The number of ketones is 1. The van der Waals surface area contributed by atoms with E-state index in [0.717, 1.165) is 0 Å². The minimum atomic E-state index is -5.37. The zero-order chi connectivity index (χ0) is 11.8. The molecule has 14 heavy (non-hydrogen) atoms. The standard InChI is InChI=1S/C6H6F6O2/c1-4(14,6(10,11)12)2-3(13)5(7,8)9/h14H,2H2,1H3. The van der Waals surface area contributed by atoms with Gasteiger partial charge in [0.2, 0.25) is 5.78 Å². The molecular weight excluding hydrogens is 218 g/mol. The second kappa shape index (κ2) is 3.41. The van der Waals surface area contributed by atoms with Crippen LogP contribution in [0.5, 0.6) is 0 Å². The number of aliphatic hydroxyl groups is 1. The number of carbonyl (C=O) groups excluding carboxylic acids is 1. The smallest absolute Gasteiger partial charge is 0.380 e. The lowest BCUT2D eigenvalue weighted by molar-refractivity contribution is -0.257. The molecule has 0 spiro atoms. The molecule has 0 aromatic carbocycles. The van der Waals surface area contributed by atoms with Crippen LogP contribution < -0.4 is 0 Å². The molecule has 0 aromatic rings. The van der Waals surface area contributed by atoms with Gasteiger partial charge in [0.15, 0.2) is 5.60 Å². The molecule has 8 heteroatoms. The van der Waals surface area contributed by atoms with Gasteiger partial charge in [-0.15, -0.1) is 0 Å². The molecule has 0 fully saturated rings. The van der Waals surface area contributed by atoms with Gasteiger partial charge in [-0.25, -0.2) is 0 Å². The fourth-order valence-corrected chi connectivity index (χ4v) is 0.513. The third kappa shape index (κ3) is 3.17. The van der Waals surface area contributed by atoms with Crippen LogP contribution in [0.15, 0.2) is 0 Å². The summed E-state index contributed by atoms with van der Waals surface area (Å²) in [5.74, 6) is -2.61. The van der Waals surface area contributed by atoms with Crippen LogP contribution in [0.25, 0.3) is 0 Å². The van der Waals surface area contributed by atoms with E-state index in [4.69, 9.17) is 5.11 Å². The van der Waals surface area contributed by atoms with Crippen LogP contribution in [0, 0.1) is 0 Å². The van der Waals surface area contributed by atoms with Gasteiger partial charge in [-0.1, -0.05) is 0 Å². The Bertz CT molecular complexity index is 225. The van der Waals surface area contributed by atoms with Crippen molar-refractivity contribution in [2.45, 2.75) is 31.3 Å². The molecular formula is C6H6F6O2. The van der Waals surface area contributed by atoms with E-state index >= 15 is 0 Å². The Hall–Kier alpha value is -0.790. The SMILES string of the molecule is CC(O)(CC(=O)C(F)(F)F)C(F)(F)F. The number of carbonyl (C=O) groups is 1. The van der Waals surface area contributed by atoms with Crippen molar-refractivity contribution in [2.24, 2.45) is 0 Å². The molecule has 0 amide bonds. The molecule has 0 aliphatic heterocycles. The first-order valence-corrected chi connectivity index (χ1v) is 3.27. The maximum Gasteiger partial charge on any atom is 0.450 e. The van der Waals surface area contributed by atoms with E-state index in [-0.39, 0.29) is 6.92 Å². The highest BCUT2D eigenvalue weighted by atomic mass is 19.4. The highest BCUT2D eigenvalue weighted by Crippen LogP contribution is 2.34. The predicted octanol–water partition coefficient (Wildman–Crippen LogP) is 1.82. The van der Waals surface area contributed by atoms with Gasteiger partial charge < -0.3 is 5.11 Å². The first-order valence-electron chi connectivity index (χ1n) is 3.27. The second-order valence-corrected chi connectivity index (χ2v) is 2.87. The van der Waals surface area contributed by atoms with Crippen molar-refractivity contribution in [1.82, 2.24) is 0 Å².